The molecule has 0 fully saturated rings. The molecule has 0 aliphatic heterocycles. The number of carbonyl (C=O) groups is 1. The molecule has 0 radical (unpaired) electrons. The zero-order valence-electron chi connectivity index (χ0n) is 16.1. The standard InChI is InChI=1S/C22H26BrN3O/c1-4-26(5-2)15-17-11-7-6-10-16(17)14-24-22(27)21-20(23)18-12-8-9-13-19(18)25(21)3/h6-13H,4-5,14-15H2,1-3H3,(H,24,27). The Hall–Kier alpha value is -2.11. The summed E-state index contributed by atoms with van der Waals surface area (Å²) in [6.45, 7) is 7.79. The summed E-state index contributed by atoms with van der Waals surface area (Å²) in [6, 6.07) is 16.3. The number of benzene rings is 2. The molecule has 3 aromatic rings. The summed E-state index contributed by atoms with van der Waals surface area (Å²) in [7, 11) is 1.93. The highest BCUT2D eigenvalue weighted by Gasteiger charge is 2.19. The number of fused-ring (bicyclic) bond motifs is 1. The molecule has 0 bridgehead atoms. The van der Waals surface area contributed by atoms with Gasteiger partial charge >= 0.3 is 0 Å². The molecule has 1 aromatic heterocycles. The minimum Gasteiger partial charge on any atom is -0.347 e. The van der Waals surface area contributed by atoms with E-state index in [4.69, 9.17) is 0 Å². The Kier molecular flexibility index (Phi) is 6.34. The SMILES string of the molecule is CCN(CC)Cc1ccccc1CNC(=O)c1c(Br)c2ccccc2n1C. The Bertz CT molecular complexity index is 905. The van der Waals surface area contributed by atoms with E-state index in [2.05, 4.69) is 58.2 Å². The van der Waals surface area contributed by atoms with Crippen molar-refractivity contribution in [2.24, 2.45) is 7.05 Å². The fourth-order valence-corrected chi connectivity index (χ4v) is 4.21. The van der Waals surface area contributed by atoms with Gasteiger partial charge in [-0.15, -0.1) is 0 Å². The number of aryl methyl sites for hydroxylation is 1. The number of carbonyl (C=O) groups excluding carboxylic acids is 1. The number of nitrogens with one attached hydrogen (secondary N) is 1. The minimum absolute atomic E-state index is 0.0711. The summed E-state index contributed by atoms with van der Waals surface area (Å²) < 4.78 is 2.78. The first-order chi connectivity index (χ1) is 13.1. The normalized spacial score (nSPS) is 11.3. The maximum atomic E-state index is 12.9. The molecule has 1 heterocycles. The number of nitrogens with zero attached hydrogens (tertiary/aromatic N) is 2. The van der Waals surface area contributed by atoms with E-state index in [1.807, 2.05) is 41.9 Å². The van der Waals surface area contributed by atoms with Gasteiger partial charge < -0.3 is 9.88 Å². The Balaban J connectivity index is 1.79. The van der Waals surface area contributed by atoms with E-state index >= 15 is 0 Å². The Morgan fingerprint density at radius 2 is 1.67 bits per heavy atom. The Morgan fingerprint density at radius 1 is 1.04 bits per heavy atom. The summed E-state index contributed by atoms with van der Waals surface area (Å²) in [5.74, 6) is -0.0711. The van der Waals surface area contributed by atoms with Gasteiger partial charge in [0, 0.05) is 31.0 Å². The van der Waals surface area contributed by atoms with Crippen molar-refractivity contribution < 1.29 is 4.79 Å². The van der Waals surface area contributed by atoms with E-state index in [1.165, 1.54) is 5.56 Å². The van der Waals surface area contributed by atoms with Crippen molar-refractivity contribution in [3.63, 3.8) is 0 Å². The molecule has 5 heteroatoms. The third-order valence-corrected chi connectivity index (χ3v) is 5.91. The van der Waals surface area contributed by atoms with Crippen LogP contribution in [0.3, 0.4) is 0 Å². The van der Waals surface area contributed by atoms with Crippen LogP contribution in [0.1, 0.15) is 35.5 Å². The van der Waals surface area contributed by atoms with Gasteiger partial charge in [-0.1, -0.05) is 56.3 Å². The van der Waals surface area contributed by atoms with Crippen LogP contribution in [-0.4, -0.2) is 28.5 Å². The van der Waals surface area contributed by atoms with Gasteiger partial charge in [-0.05, 0) is 46.2 Å². The summed E-state index contributed by atoms with van der Waals surface area (Å²) in [5.41, 5.74) is 4.11. The number of para-hydroxylation sites is 1. The second-order valence-electron chi connectivity index (χ2n) is 6.65. The van der Waals surface area contributed by atoms with Crippen LogP contribution in [0.2, 0.25) is 0 Å². The first-order valence-electron chi connectivity index (χ1n) is 9.37. The van der Waals surface area contributed by atoms with Crippen molar-refractivity contribution in [3.8, 4) is 0 Å². The van der Waals surface area contributed by atoms with Gasteiger partial charge in [-0.3, -0.25) is 9.69 Å². The molecule has 0 aliphatic carbocycles. The lowest BCUT2D eigenvalue weighted by Gasteiger charge is -2.20. The van der Waals surface area contributed by atoms with Gasteiger partial charge in [0.05, 0.1) is 4.47 Å². The number of amides is 1. The van der Waals surface area contributed by atoms with E-state index in [0.717, 1.165) is 40.6 Å². The van der Waals surface area contributed by atoms with Crippen molar-refractivity contribution in [2.45, 2.75) is 26.9 Å². The molecular formula is C22H26BrN3O. The van der Waals surface area contributed by atoms with Crippen LogP contribution in [-0.2, 0) is 20.1 Å². The molecule has 0 aliphatic rings. The van der Waals surface area contributed by atoms with Gasteiger partial charge in [0.25, 0.3) is 5.91 Å². The zero-order valence-corrected chi connectivity index (χ0v) is 17.7. The van der Waals surface area contributed by atoms with Crippen LogP contribution in [0, 0.1) is 0 Å². The molecular weight excluding hydrogens is 402 g/mol. The van der Waals surface area contributed by atoms with Crippen LogP contribution in [0.5, 0.6) is 0 Å². The number of aromatic nitrogens is 1. The van der Waals surface area contributed by atoms with Crippen LogP contribution in [0.15, 0.2) is 53.0 Å². The number of halogens is 1. The third-order valence-electron chi connectivity index (χ3n) is 5.11. The number of hydrogen-bond acceptors (Lipinski definition) is 2. The van der Waals surface area contributed by atoms with Gasteiger partial charge in [-0.25, -0.2) is 0 Å². The second kappa shape index (κ2) is 8.72. The summed E-state index contributed by atoms with van der Waals surface area (Å²) in [6.07, 6.45) is 0. The van der Waals surface area contributed by atoms with Gasteiger partial charge in [0.2, 0.25) is 0 Å². The average molecular weight is 428 g/mol. The molecule has 27 heavy (non-hydrogen) atoms. The number of rotatable bonds is 7. The van der Waals surface area contributed by atoms with E-state index in [-0.39, 0.29) is 5.91 Å². The van der Waals surface area contributed by atoms with Crippen molar-refractivity contribution in [1.82, 2.24) is 14.8 Å². The molecule has 1 amide bonds. The molecule has 4 nitrogen and oxygen atoms in total. The highest BCUT2D eigenvalue weighted by atomic mass is 79.9. The lowest BCUT2D eigenvalue weighted by molar-refractivity contribution is 0.0942. The largest absolute Gasteiger partial charge is 0.347 e. The molecule has 0 spiro atoms. The molecule has 1 N–H and O–H groups in total. The molecule has 0 saturated heterocycles. The van der Waals surface area contributed by atoms with Gasteiger partial charge in [-0.2, -0.15) is 0 Å². The van der Waals surface area contributed by atoms with Crippen molar-refractivity contribution in [1.29, 1.82) is 0 Å². The Labute approximate surface area is 169 Å². The first kappa shape index (κ1) is 19.6. The molecule has 0 atom stereocenters. The van der Waals surface area contributed by atoms with Crippen LogP contribution >= 0.6 is 15.9 Å². The monoisotopic (exact) mass is 427 g/mol. The van der Waals surface area contributed by atoms with Crippen LogP contribution in [0.4, 0.5) is 0 Å². The topological polar surface area (TPSA) is 37.3 Å². The molecule has 0 unspecified atom stereocenters. The van der Waals surface area contributed by atoms with E-state index < -0.39 is 0 Å². The fraction of sp³-hybridized carbons (Fsp3) is 0.318. The highest BCUT2D eigenvalue weighted by molar-refractivity contribution is 9.10. The maximum absolute atomic E-state index is 12.9. The first-order valence-corrected chi connectivity index (χ1v) is 10.2. The highest BCUT2D eigenvalue weighted by Crippen LogP contribution is 2.30. The Morgan fingerprint density at radius 3 is 2.33 bits per heavy atom. The van der Waals surface area contributed by atoms with E-state index in [0.29, 0.717) is 12.2 Å². The lowest BCUT2D eigenvalue weighted by atomic mass is 10.1. The summed E-state index contributed by atoms with van der Waals surface area (Å²) >= 11 is 3.61. The second-order valence-corrected chi connectivity index (χ2v) is 7.44. The van der Waals surface area contributed by atoms with Crippen LogP contribution < -0.4 is 5.32 Å². The van der Waals surface area contributed by atoms with Gasteiger partial charge in [0.15, 0.2) is 0 Å². The quantitative estimate of drug-likeness (QED) is 0.592. The number of hydrogen-bond donors (Lipinski definition) is 1. The van der Waals surface area contributed by atoms with Crippen LogP contribution in [0.25, 0.3) is 10.9 Å². The predicted molar refractivity (Wildman–Crippen MR) is 115 cm³/mol. The molecule has 0 saturated carbocycles. The zero-order chi connectivity index (χ0) is 19.4. The third kappa shape index (κ3) is 4.09. The van der Waals surface area contributed by atoms with Crippen molar-refractivity contribution in [2.75, 3.05) is 13.1 Å². The van der Waals surface area contributed by atoms with Crippen molar-refractivity contribution >= 4 is 32.7 Å². The average Bonchev–Trinajstić information content (AvgIpc) is 2.96. The maximum Gasteiger partial charge on any atom is 0.269 e. The molecule has 142 valence electrons. The van der Waals surface area contributed by atoms with Crippen molar-refractivity contribution in [3.05, 3.63) is 69.8 Å². The molecule has 3 rings (SSSR count). The lowest BCUT2D eigenvalue weighted by Crippen LogP contribution is -2.27. The summed E-state index contributed by atoms with van der Waals surface area (Å²) in [5, 5.41) is 4.15. The van der Waals surface area contributed by atoms with E-state index in [9.17, 15) is 4.79 Å². The fourth-order valence-electron chi connectivity index (χ4n) is 3.43. The van der Waals surface area contributed by atoms with Gasteiger partial charge in [0.1, 0.15) is 5.69 Å². The van der Waals surface area contributed by atoms with E-state index in [1.54, 1.807) is 0 Å². The molecule has 2 aromatic carbocycles. The predicted octanol–water partition coefficient (Wildman–Crippen LogP) is 4.71. The smallest absolute Gasteiger partial charge is 0.269 e. The summed E-state index contributed by atoms with van der Waals surface area (Å²) in [4.78, 5) is 15.3. The minimum atomic E-state index is -0.0711.